The van der Waals surface area contributed by atoms with Crippen molar-refractivity contribution in [3.05, 3.63) is 101 Å². The van der Waals surface area contributed by atoms with Crippen LogP contribution >= 0.6 is 0 Å². The monoisotopic (exact) mass is 490 g/mol. The summed E-state index contributed by atoms with van der Waals surface area (Å²) in [5.41, 5.74) is 16.2. The standard InChI is InChI=1S/C29H30N8/c1-20-15-27(28(30)16-21(20)2)29-32-34-37(33-29)25-6-3-22(4-7-25)9-12-35-13-10-23-17-26(8-5-24(23)18-35)36-14-11-31-19-36/h3-8,11,14-17,19H,9-10,12-13,18,30H2,1-2H3. The van der Waals surface area contributed by atoms with E-state index in [0.717, 1.165) is 54.9 Å². The van der Waals surface area contributed by atoms with Crippen LogP contribution < -0.4 is 5.73 Å². The SMILES string of the molecule is Cc1cc(N)c(-c2nnn(-c3ccc(CCN4CCc5cc(-n6ccnc6)ccc5C4)cc3)n2)cc1C. The van der Waals surface area contributed by atoms with Gasteiger partial charge in [0.1, 0.15) is 0 Å². The van der Waals surface area contributed by atoms with Gasteiger partial charge in [-0.1, -0.05) is 18.2 Å². The Morgan fingerprint density at radius 1 is 0.919 bits per heavy atom. The van der Waals surface area contributed by atoms with Crippen LogP contribution in [0, 0.1) is 13.8 Å². The molecule has 186 valence electrons. The van der Waals surface area contributed by atoms with Gasteiger partial charge in [-0.3, -0.25) is 4.90 Å². The molecule has 0 atom stereocenters. The summed E-state index contributed by atoms with van der Waals surface area (Å²) in [5.74, 6) is 0.534. The lowest BCUT2D eigenvalue weighted by Crippen LogP contribution is -2.32. The summed E-state index contributed by atoms with van der Waals surface area (Å²) < 4.78 is 2.06. The fourth-order valence-corrected chi connectivity index (χ4v) is 4.91. The largest absolute Gasteiger partial charge is 0.398 e. The Kier molecular flexibility index (Phi) is 6.02. The van der Waals surface area contributed by atoms with Crippen LogP contribution in [0.15, 0.2) is 73.3 Å². The first-order chi connectivity index (χ1) is 18.0. The van der Waals surface area contributed by atoms with E-state index in [1.54, 1.807) is 4.80 Å². The van der Waals surface area contributed by atoms with Crippen LogP contribution in [0.4, 0.5) is 5.69 Å². The first-order valence-electron chi connectivity index (χ1n) is 12.6. The highest BCUT2D eigenvalue weighted by Crippen LogP contribution is 2.26. The highest BCUT2D eigenvalue weighted by molar-refractivity contribution is 5.72. The molecule has 6 rings (SSSR count). The number of aromatic nitrogens is 6. The quantitative estimate of drug-likeness (QED) is 0.357. The third-order valence-corrected chi connectivity index (χ3v) is 7.29. The number of nitrogens with zero attached hydrogens (tertiary/aromatic N) is 7. The smallest absolute Gasteiger partial charge is 0.207 e. The molecule has 0 saturated carbocycles. The molecule has 1 aliphatic rings. The summed E-state index contributed by atoms with van der Waals surface area (Å²) >= 11 is 0. The highest BCUT2D eigenvalue weighted by Gasteiger charge is 2.17. The lowest BCUT2D eigenvalue weighted by atomic mass is 9.98. The molecule has 1 aliphatic heterocycles. The van der Waals surface area contributed by atoms with Crippen molar-refractivity contribution < 1.29 is 0 Å². The van der Waals surface area contributed by atoms with Crippen molar-refractivity contribution in [3.63, 3.8) is 0 Å². The molecule has 3 aromatic carbocycles. The average Bonchev–Trinajstić information content (AvgIpc) is 3.63. The maximum absolute atomic E-state index is 6.21. The second-order valence-electron chi connectivity index (χ2n) is 9.79. The molecule has 0 bridgehead atoms. The number of fused-ring (bicyclic) bond motifs is 1. The Bertz CT molecular complexity index is 1530. The zero-order chi connectivity index (χ0) is 25.4. The summed E-state index contributed by atoms with van der Waals surface area (Å²) in [4.78, 5) is 8.26. The third-order valence-electron chi connectivity index (χ3n) is 7.29. The number of hydrogen-bond donors (Lipinski definition) is 1. The van der Waals surface area contributed by atoms with Crippen molar-refractivity contribution in [2.45, 2.75) is 33.2 Å². The van der Waals surface area contributed by atoms with E-state index < -0.39 is 0 Å². The van der Waals surface area contributed by atoms with E-state index in [9.17, 15) is 0 Å². The minimum Gasteiger partial charge on any atom is -0.398 e. The van der Waals surface area contributed by atoms with Crippen LogP contribution in [0.5, 0.6) is 0 Å². The highest BCUT2D eigenvalue weighted by atomic mass is 15.6. The minimum atomic E-state index is 0.534. The number of rotatable bonds is 6. The van der Waals surface area contributed by atoms with Gasteiger partial charge in [0, 0.05) is 49.0 Å². The predicted molar refractivity (Wildman–Crippen MR) is 145 cm³/mol. The van der Waals surface area contributed by atoms with Gasteiger partial charge in [-0.25, -0.2) is 4.98 Å². The van der Waals surface area contributed by atoms with Crippen LogP contribution in [0.1, 0.15) is 27.8 Å². The van der Waals surface area contributed by atoms with E-state index in [4.69, 9.17) is 5.73 Å². The zero-order valence-corrected chi connectivity index (χ0v) is 21.2. The maximum atomic E-state index is 6.21. The van der Waals surface area contributed by atoms with Gasteiger partial charge in [-0.15, -0.1) is 15.0 Å². The molecule has 0 fully saturated rings. The van der Waals surface area contributed by atoms with E-state index in [1.807, 2.05) is 49.9 Å². The zero-order valence-electron chi connectivity index (χ0n) is 21.2. The molecule has 0 spiro atoms. The Morgan fingerprint density at radius 3 is 2.54 bits per heavy atom. The van der Waals surface area contributed by atoms with E-state index in [-0.39, 0.29) is 0 Å². The normalized spacial score (nSPS) is 13.6. The number of benzene rings is 3. The summed E-state index contributed by atoms with van der Waals surface area (Å²) in [6.07, 6.45) is 7.72. The van der Waals surface area contributed by atoms with Crippen molar-refractivity contribution in [3.8, 4) is 22.8 Å². The fraction of sp³-hybridized carbons (Fsp3) is 0.241. The molecule has 0 amide bonds. The van der Waals surface area contributed by atoms with E-state index in [0.29, 0.717) is 11.5 Å². The summed E-state index contributed by atoms with van der Waals surface area (Å²) in [6.45, 7) is 7.20. The third kappa shape index (κ3) is 4.75. The molecule has 8 nitrogen and oxygen atoms in total. The Morgan fingerprint density at radius 2 is 1.73 bits per heavy atom. The molecular weight excluding hydrogens is 460 g/mol. The molecular formula is C29H30N8. The Balaban J connectivity index is 1.08. The van der Waals surface area contributed by atoms with Crippen molar-refractivity contribution in [2.24, 2.45) is 0 Å². The van der Waals surface area contributed by atoms with Crippen LogP contribution in [-0.2, 0) is 19.4 Å². The fourth-order valence-electron chi connectivity index (χ4n) is 4.91. The number of tetrazole rings is 1. The van der Waals surface area contributed by atoms with Crippen molar-refractivity contribution >= 4 is 5.69 Å². The second-order valence-corrected chi connectivity index (χ2v) is 9.79. The van der Waals surface area contributed by atoms with Crippen LogP contribution in [0.3, 0.4) is 0 Å². The summed E-state index contributed by atoms with van der Waals surface area (Å²) in [6, 6.07) is 19.1. The lowest BCUT2D eigenvalue weighted by molar-refractivity contribution is 0.257. The molecule has 2 aromatic heterocycles. The van der Waals surface area contributed by atoms with Crippen molar-refractivity contribution in [1.82, 2.24) is 34.7 Å². The van der Waals surface area contributed by atoms with Crippen LogP contribution in [-0.4, -0.2) is 47.7 Å². The van der Waals surface area contributed by atoms with Crippen LogP contribution in [0.25, 0.3) is 22.8 Å². The summed E-state index contributed by atoms with van der Waals surface area (Å²) in [5, 5.41) is 13.1. The average molecular weight is 491 g/mol. The van der Waals surface area contributed by atoms with E-state index >= 15 is 0 Å². The number of imidazole rings is 1. The number of hydrogen-bond acceptors (Lipinski definition) is 6. The number of nitrogens with two attached hydrogens (primary N) is 1. The molecule has 0 unspecified atom stereocenters. The number of nitrogen functional groups attached to an aromatic ring is 1. The first-order valence-corrected chi connectivity index (χ1v) is 12.6. The molecule has 0 aliphatic carbocycles. The molecule has 8 heteroatoms. The predicted octanol–water partition coefficient (Wildman–Crippen LogP) is 4.31. The summed E-state index contributed by atoms with van der Waals surface area (Å²) in [7, 11) is 0. The Labute approximate surface area is 216 Å². The molecule has 0 saturated heterocycles. The minimum absolute atomic E-state index is 0.534. The van der Waals surface area contributed by atoms with Crippen LogP contribution in [0.2, 0.25) is 0 Å². The van der Waals surface area contributed by atoms with Crippen molar-refractivity contribution in [2.75, 3.05) is 18.8 Å². The molecule has 3 heterocycles. The molecule has 37 heavy (non-hydrogen) atoms. The topological polar surface area (TPSA) is 90.7 Å². The maximum Gasteiger partial charge on any atom is 0.207 e. The molecule has 5 aromatic rings. The first kappa shape index (κ1) is 23.1. The van der Waals surface area contributed by atoms with Gasteiger partial charge < -0.3 is 10.3 Å². The van der Waals surface area contributed by atoms with Gasteiger partial charge >= 0.3 is 0 Å². The van der Waals surface area contributed by atoms with Gasteiger partial charge in [0.2, 0.25) is 5.82 Å². The molecule has 2 N–H and O–H groups in total. The van der Waals surface area contributed by atoms with E-state index in [1.165, 1.54) is 22.4 Å². The van der Waals surface area contributed by atoms with Crippen molar-refractivity contribution in [1.29, 1.82) is 0 Å². The number of aryl methyl sites for hydroxylation is 2. The number of anilines is 1. The van der Waals surface area contributed by atoms with Gasteiger partial charge in [-0.2, -0.15) is 0 Å². The lowest BCUT2D eigenvalue weighted by Gasteiger charge is -2.29. The van der Waals surface area contributed by atoms with Gasteiger partial charge in [0.05, 0.1) is 12.0 Å². The Hall–Kier alpha value is -4.30. The van der Waals surface area contributed by atoms with E-state index in [2.05, 4.69) is 67.1 Å². The van der Waals surface area contributed by atoms with Gasteiger partial charge in [0.15, 0.2) is 0 Å². The van der Waals surface area contributed by atoms with Gasteiger partial charge in [0.25, 0.3) is 0 Å². The second kappa shape index (κ2) is 9.63. The van der Waals surface area contributed by atoms with Gasteiger partial charge in [-0.05, 0) is 96.1 Å². The molecule has 0 radical (unpaired) electrons.